The highest BCUT2D eigenvalue weighted by Gasteiger charge is 2.29. The summed E-state index contributed by atoms with van der Waals surface area (Å²) in [6.07, 6.45) is 6.43. The van der Waals surface area contributed by atoms with Crippen molar-refractivity contribution in [2.45, 2.75) is 39.0 Å². The first kappa shape index (κ1) is 16.9. The molecule has 2 amide bonds. The lowest BCUT2D eigenvalue weighted by molar-refractivity contribution is -0.118. The highest BCUT2D eigenvalue weighted by Crippen LogP contribution is 2.30. The zero-order valence-corrected chi connectivity index (χ0v) is 14.2. The molecule has 130 valence electrons. The number of pyridine rings is 1. The number of carbonyl (C=O) groups excluding carboxylic acids is 2. The zero-order valence-electron chi connectivity index (χ0n) is 14.2. The highest BCUT2D eigenvalue weighted by molar-refractivity contribution is 5.94. The Balaban J connectivity index is 1.46. The van der Waals surface area contributed by atoms with Gasteiger partial charge in [-0.15, -0.1) is 0 Å². The van der Waals surface area contributed by atoms with E-state index < -0.39 is 0 Å². The van der Waals surface area contributed by atoms with Crippen LogP contribution in [0.4, 0.5) is 11.5 Å². The maximum absolute atomic E-state index is 12.2. The summed E-state index contributed by atoms with van der Waals surface area (Å²) in [5.41, 5.74) is 0.665. The van der Waals surface area contributed by atoms with Crippen molar-refractivity contribution >= 4 is 23.3 Å². The third-order valence-corrected chi connectivity index (χ3v) is 4.89. The predicted octanol–water partition coefficient (Wildman–Crippen LogP) is 2.39. The van der Waals surface area contributed by atoms with E-state index in [4.69, 9.17) is 0 Å². The quantitative estimate of drug-likeness (QED) is 0.748. The number of anilines is 2. The largest absolute Gasteiger partial charge is 0.325 e. The van der Waals surface area contributed by atoms with Gasteiger partial charge in [-0.25, -0.2) is 4.98 Å². The van der Waals surface area contributed by atoms with E-state index in [9.17, 15) is 9.59 Å². The first-order valence-corrected chi connectivity index (χ1v) is 8.89. The van der Waals surface area contributed by atoms with Gasteiger partial charge in [0.1, 0.15) is 5.82 Å². The molecular weight excluding hydrogens is 304 g/mol. The zero-order chi connectivity index (χ0) is 16.9. The molecule has 2 heterocycles. The number of nitrogens with one attached hydrogen (secondary N) is 3. The van der Waals surface area contributed by atoms with Gasteiger partial charge in [-0.1, -0.05) is 6.92 Å². The molecule has 3 N–H and O–H groups in total. The van der Waals surface area contributed by atoms with E-state index in [1.54, 1.807) is 18.3 Å². The summed E-state index contributed by atoms with van der Waals surface area (Å²) in [4.78, 5) is 28.1. The van der Waals surface area contributed by atoms with Gasteiger partial charge < -0.3 is 16.0 Å². The molecule has 0 aromatic carbocycles. The number of hydrogen-bond donors (Lipinski definition) is 3. The van der Waals surface area contributed by atoms with Gasteiger partial charge in [0.05, 0.1) is 11.9 Å². The Bertz CT molecular complexity index is 577. The van der Waals surface area contributed by atoms with E-state index >= 15 is 0 Å². The van der Waals surface area contributed by atoms with Crippen molar-refractivity contribution in [2.24, 2.45) is 17.8 Å². The summed E-state index contributed by atoms with van der Waals surface area (Å²) >= 11 is 0. The van der Waals surface area contributed by atoms with Gasteiger partial charge in [0.25, 0.3) is 0 Å². The number of nitrogens with zero attached hydrogens (tertiary/aromatic N) is 1. The van der Waals surface area contributed by atoms with E-state index in [0.29, 0.717) is 29.8 Å². The number of hydrogen-bond acceptors (Lipinski definition) is 4. The van der Waals surface area contributed by atoms with Crippen LogP contribution in [0.1, 0.15) is 39.0 Å². The van der Waals surface area contributed by atoms with Gasteiger partial charge in [0, 0.05) is 12.3 Å². The Labute approximate surface area is 142 Å². The average molecular weight is 330 g/mol. The van der Waals surface area contributed by atoms with Crippen LogP contribution in [-0.2, 0) is 9.59 Å². The van der Waals surface area contributed by atoms with Gasteiger partial charge in [0.15, 0.2) is 0 Å². The van der Waals surface area contributed by atoms with Crippen molar-refractivity contribution in [2.75, 3.05) is 23.7 Å². The van der Waals surface area contributed by atoms with E-state index in [1.165, 1.54) is 12.8 Å². The average Bonchev–Trinajstić information content (AvgIpc) is 3.42. The first-order chi connectivity index (χ1) is 11.6. The molecular formula is C18H26N4O2. The first-order valence-electron chi connectivity index (χ1n) is 8.89. The fourth-order valence-corrected chi connectivity index (χ4v) is 3.15. The summed E-state index contributed by atoms with van der Waals surface area (Å²) < 4.78 is 0. The van der Waals surface area contributed by atoms with Crippen molar-refractivity contribution in [1.29, 1.82) is 0 Å². The lowest BCUT2D eigenvalue weighted by Gasteiger charge is -2.28. The molecule has 2 unspecified atom stereocenters. The van der Waals surface area contributed by atoms with Crippen LogP contribution in [0.3, 0.4) is 0 Å². The minimum atomic E-state index is 0.0182. The highest BCUT2D eigenvalue weighted by atomic mass is 16.2. The van der Waals surface area contributed by atoms with Crippen molar-refractivity contribution in [1.82, 2.24) is 10.3 Å². The van der Waals surface area contributed by atoms with Crippen LogP contribution in [0.5, 0.6) is 0 Å². The van der Waals surface area contributed by atoms with Crippen molar-refractivity contribution in [3.8, 4) is 0 Å². The van der Waals surface area contributed by atoms with Crippen LogP contribution in [0.15, 0.2) is 18.3 Å². The van der Waals surface area contributed by atoms with Gasteiger partial charge in [-0.05, 0) is 62.7 Å². The SMILES string of the molecule is CC(CC(=O)Nc1ccc(NC(=O)C2CC2)nc1)C1CCCNC1. The normalized spacial score (nSPS) is 21.8. The van der Waals surface area contributed by atoms with Crippen LogP contribution in [0, 0.1) is 17.8 Å². The van der Waals surface area contributed by atoms with Crippen LogP contribution in [-0.4, -0.2) is 29.9 Å². The van der Waals surface area contributed by atoms with Crippen molar-refractivity contribution < 1.29 is 9.59 Å². The fourth-order valence-electron chi connectivity index (χ4n) is 3.15. The molecule has 6 nitrogen and oxygen atoms in total. The van der Waals surface area contributed by atoms with Crippen LogP contribution < -0.4 is 16.0 Å². The van der Waals surface area contributed by atoms with E-state index in [0.717, 1.165) is 25.9 Å². The molecule has 2 atom stereocenters. The van der Waals surface area contributed by atoms with Crippen LogP contribution >= 0.6 is 0 Å². The number of rotatable bonds is 6. The number of amides is 2. The minimum absolute atomic E-state index is 0.0182. The maximum atomic E-state index is 12.2. The monoisotopic (exact) mass is 330 g/mol. The molecule has 1 saturated carbocycles. The Morgan fingerprint density at radius 3 is 2.75 bits per heavy atom. The summed E-state index contributed by atoms with van der Waals surface area (Å²) in [5, 5.41) is 9.08. The Kier molecular flexibility index (Phi) is 5.45. The van der Waals surface area contributed by atoms with Gasteiger partial charge in [-0.3, -0.25) is 9.59 Å². The van der Waals surface area contributed by atoms with Gasteiger partial charge >= 0.3 is 0 Å². The Hall–Kier alpha value is -1.95. The molecule has 3 rings (SSSR count). The molecule has 0 radical (unpaired) electrons. The second-order valence-corrected chi connectivity index (χ2v) is 7.03. The molecule has 24 heavy (non-hydrogen) atoms. The van der Waals surface area contributed by atoms with E-state index in [2.05, 4.69) is 27.9 Å². The minimum Gasteiger partial charge on any atom is -0.325 e. The molecule has 1 aliphatic carbocycles. The molecule has 2 aliphatic rings. The predicted molar refractivity (Wildman–Crippen MR) is 93.6 cm³/mol. The molecule has 0 spiro atoms. The van der Waals surface area contributed by atoms with E-state index in [1.807, 2.05) is 0 Å². The molecule has 1 saturated heterocycles. The third-order valence-electron chi connectivity index (χ3n) is 4.89. The maximum Gasteiger partial charge on any atom is 0.228 e. The van der Waals surface area contributed by atoms with E-state index in [-0.39, 0.29) is 17.7 Å². The lowest BCUT2D eigenvalue weighted by atomic mass is 9.85. The Morgan fingerprint density at radius 2 is 2.12 bits per heavy atom. The second-order valence-electron chi connectivity index (χ2n) is 7.03. The summed E-state index contributed by atoms with van der Waals surface area (Å²) in [6.45, 7) is 4.24. The topological polar surface area (TPSA) is 83.1 Å². The molecule has 1 aromatic heterocycles. The van der Waals surface area contributed by atoms with Crippen LogP contribution in [0.2, 0.25) is 0 Å². The molecule has 1 aromatic rings. The molecule has 2 fully saturated rings. The van der Waals surface area contributed by atoms with Gasteiger partial charge in [0.2, 0.25) is 11.8 Å². The Morgan fingerprint density at radius 1 is 1.29 bits per heavy atom. The third kappa shape index (κ3) is 4.77. The standard InChI is InChI=1S/C18H26N4O2/c1-12(14-3-2-8-19-10-14)9-17(23)21-15-6-7-16(20-11-15)22-18(24)13-4-5-13/h6-7,11-14,19H,2-5,8-10H2,1H3,(H,21,23)(H,20,22,24). The second kappa shape index (κ2) is 7.75. The summed E-state index contributed by atoms with van der Waals surface area (Å²) in [5.74, 6) is 1.68. The number of carbonyl (C=O) groups is 2. The van der Waals surface area contributed by atoms with Crippen molar-refractivity contribution in [3.05, 3.63) is 18.3 Å². The molecule has 6 heteroatoms. The van der Waals surface area contributed by atoms with Gasteiger partial charge in [-0.2, -0.15) is 0 Å². The summed E-state index contributed by atoms with van der Waals surface area (Å²) in [7, 11) is 0. The smallest absolute Gasteiger partial charge is 0.228 e. The van der Waals surface area contributed by atoms with Crippen LogP contribution in [0.25, 0.3) is 0 Å². The molecule has 0 bridgehead atoms. The lowest BCUT2D eigenvalue weighted by Crippen LogP contribution is -2.34. The summed E-state index contributed by atoms with van der Waals surface area (Å²) in [6, 6.07) is 3.50. The molecule has 1 aliphatic heterocycles. The number of aromatic nitrogens is 1. The van der Waals surface area contributed by atoms with Crippen molar-refractivity contribution in [3.63, 3.8) is 0 Å². The number of piperidine rings is 1. The fraction of sp³-hybridized carbons (Fsp3) is 0.611.